The normalized spacial score (nSPS) is 27.1. The molecule has 0 N–H and O–H groups in total. The van der Waals surface area contributed by atoms with Crippen molar-refractivity contribution in [2.45, 2.75) is 81.4 Å². The summed E-state index contributed by atoms with van der Waals surface area (Å²) in [6.45, 7) is 21.5. The largest absolute Gasteiger partial charge is 1.00 e. The smallest absolute Gasteiger partial charge is 1.00 e. The summed E-state index contributed by atoms with van der Waals surface area (Å²) < 4.78 is 4.33. The number of fused-ring (bicyclic) bond motifs is 6. The predicted molar refractivity (Wildman–Crippen MR) is 217 cm³/mol. The molecule has 5 aliphatic rings. The Labute approximate surface area is 349 Å². The molecule has 0 heterocycles. The molecule has 3 aromatic rings. The molecule has 0 saturated heterocycles. The van der Waals surface area contributed by atoms with Crippen molar-refractivity contribution < 1.29 is 46.1 Å². The molecule has 1 fully saturated rings. The molecule has 5 heteroatoms. The van der Waals surface area contributed by atoms with E-state index >= 15 is 0 Å². The molecular formula is C47H50Br2Cl2Zr. The summed E-state index contributed by atoms with van der Waals surface area (Å²) in [6, 6.07) is 28.0. The van der Waals surface area contributed by atoms with E-state index in [4.69, 9.17) is 0 Å². The number of benzene rings is 3. The first kappa shape index (κ1) is 40.3. The minimum absolute atomic E-state index is 0. The van der Waals surface area contributed by atoms with Crippen LogP contribution in [0.1, 0.15) is 90.5 Å². The van der Waals surface area contributed by atoms with Crippen molar-refractivity contribution >= 4 is 40.6 Å². The van der Waals surface area contributed by atoms with Gasteiger partial charge in [0.15, 0.2) is 0 Å². The SMILES string of the molecule is CC12C(=C3Cc4ccccc4C3=C3C=CCCC31)[C](C)([Zr+2](=[C](c1ccc(Br)cc1)c1ccc(Br)cc1)[CH]1C=CC=C1)C(C)(C)C(C)(C)C2(C)C.[Cl-].[Cl-]. The Balaban J connectivity index is 0.00000232. The number of hydrogen-bond acceptors (Lipinski definition) is 0. The van der Waals surface area contributed by atoms with Crippen LogP contribution in [0.2, 0.25) is 6.75 Å². The molecule has 0 spiro atoms. The molecule has 3 atom stereocenters. The van der Waals surface area contributed by atoms with E-state index in [1.54, 1.807) is 19.9 Å². The van der Waals surface area contributed by atoms with E-state index in [1.165, 1.54) is 28.7 Å². The molecule has 270 valence electrons. The van der Waals surface area contributed by atoms with Crippen LogP contribution in [0, 0.1) is 27.6 Å². The van der Waals surface area contributed by atoms with E-state index in [0.29, 0.717) is 9.54 Å². The number of hydrogen-bond donors (Lipinski definition) is 0. The van der Waals surface area contributed by atoms with Crippen molar-refractivity contribution in [1.29, 1.82) is 0 Å². The van der Waals surface area contributed by atoms with Crippen molar-refractivity contribution in [3.05, 3.63) is 157 Å². The summed E-state index contributed by atoms with van der Waals surface area (Å²) in [5.41, 5.74) is 12.5. The Morgan fingerprint density at radius 2 is 1.25 bits per heavy atom. The first-order valence-electron chi connectivity index (χ1n) is 18.5. The van der Waals surface area contributed by atoms with Gasteiger partial charge in [-0.25, -0.2) is 0 Å². The van der Waals surface area contributed by atoms with Gasteiger partial charge in [0.05, 0.1) is 0 Å². The summed E-state index contributed by atoms with van der Waals surface area (Å²) in [4.78, 5) is 0. The van der Waals surface area contributed by atoms with Crippen LogP contribution in [0.25, 0.3) is 5.57 Å². The maximum atomic E-state index is 3.79. The zero-order valence-electron chi connectivity index (χ0n) is 31.7. The van der Waals surface area contributed by atoms with Crippen molar-refractivity contribution in [2.75, 3.05) is 0 Å². The number of allylic oxidation sites excluding steroid dienone is 10. The zero-order valence-corrected chi connectivity index (χ0v) is 38.8. The van der Waals surface area contributed by atoms with Crippen LogP contribution in [-0.2, 0) is 27.7 Å². The minimum atomic E-state index is -3.01. The third-order valence-electron chi connectivity index (χ3n) is 15.4. The van der Waals surface area contributed by atoms with E-state index in [0.717, 1.165) is 21.8 Å². The first-order chi connectivity index (χ1) is 23.7. The number of rotatable bonds is 4. The van der Waals surface area contributed by atoms with Crippen molar-refractivity contribution in [2.24, 2.45) is 27.6 Å². The Kier molecular flexibility index (Phi) is 10.8. The Morgan fingerprint density at radius 3 is 1.83 bits per heavy atom. The van der Waals surface area contributed by atoms with Crippen LogP contribution in [0.4, 0.5) is 0 Å². The zero-order chi connectivity index (χ0) is 35.4. The topological polar surface area (TPSA) is 0 Å². The predicted octanol–water partition coefficient (Wildman–Crippen LogP) is 7.88. The molecular weight excluding hydrogens is 886 g/mol. The fourth-order valence-electron chi connectivity index (χ4n) is 11.5. The maximum absolute atomic E-state index is 3.79. The van der Waals surface area contributed by atoms with E-state index in [9.17, 15) is 0 Å². The summed E-state index contributed by atoms with van der Waals surface area (Å²) in [5.74, 6) is 0.486. The van der Waals surface area contributed by atoms with Gasteiger partial charge in [-0.15, -0.1) is 0 Å². The molecule has 0 amide bonds. The van der Waals surface area contributed by atoms with Gasteiger partial charge in [0.1, 0.15) is 0 Å². The van der Waals surface area contributed by atoms with Crippen LogP contribution >= 0.6 is 31.9 Å². The summed E-state index contributed by atoms with van der Waals surface area (Å²) in [6.07, 6.45) is 18.3. The summed E-state index contributed by atoms with van der Waals surface area (Å²) in [7, 11) is 0. The van der Waals surface area contributed by atoms with Crippen molar-refractivity contribution in [3.8, 4) is 0 Å². The van der Waals surface area contributed by atoms with E-state index in [1.807, 2.05) is 5.57 Å². The van der Waals surface area contributed by atoms with Gasteiger partial charge in [-0.2, -0.15) is 0 Å². The van der Waals surface area contributed by atoms with E-state index in [-0.39, 0.29) is 49.6 Å². The van der Waals surface area contributed by atoms with Crippen LogP contribution in [0.3, 0.4) is 0 Å². The average molecular weight is 937 g/mol. The molecule has 0 nitrogen and oxygen atoms in total. The van der Waals surface area contributed by atoms with E-state index < -0.39 is 21.3 Å². The standard InChI is InChI=1S/C29H37.C13H8Br2.C5H5.2ClH.Zr/c1-18-25-22-17-19-13-9-10-14-20(19)24(22)21-15-11-12-16-23(21)29(25,8)28(6,7)27(4,5)26(18,2)3;14-12-5-1-10(2-6-12)9-11-3-7-13(15)8-4-11;1-2-4-5-3-1;;;/h9-11,13-15,23H,12,16-17H2,1-8H3;1-8H;1-5H;2*1H;/q;;;;;+2/p-2. The van der Waals surface area contributed by atoms with Crippen LogP contribution in [-0.4, -0.2) is 3.21 Å². The second-order valence-corrected chi connectivity index (χ2v) is 26.5. The maximum Gasteiger partial charge on any atom is -1.00 e. The molecule has 0 aliphatic heterocycles. The van der Waals surface area contributed by atoms with Gasteiger partial charge < -0.3 is 24.8 Å². The van der Waals surface area contributed by atoms with Crippen molar-refractivity contribution in [1.82, 2.24) is 0 Å². The Morgan fingerprint density at radius 1 is 0.692 bits per heavy atom. The van der Waals surface area contributed by atoms with E-state index in [2.05, 4.69) is 197 Å². The fourth-order valence-corrected chi connectivity index (χ4v) is 23.6. The molecule has 0 aromatic heterocycles. The second-order valence-electron chi connectivity index (χ2n) is 17.4. The van der Waals surface area contributed by atoms with Crippen LogP contribution < -0.4 is 24.8 Å². The van der Waals surface area contributed by atoms with Gasteiger partial charge in [0, 0.05) is 0 Å². The van der Waals surface area contributed by atoms with Crippen molar-refractivity contribution in [3.63, 3.8) is 0 Å². The van der Waals surface area contributed by atoms with Gasteiger partial charge >= 0.3 is 328 Å². The monoisotopic (exact) mass is 932 g/mol. The molecule has 3 aromatic carbocycles. The third-order valence-corrected chi connectivity index (χ3v) is 26.6. The Hall–Kier alpha value is -1.35. The van der Waals surface area contributed by atoms with Gasteiger partial charge in [-0.05, 0) is 0 Å². The van der Waals surface area contributed by atoms with Crippen LogP contribution in [0.5, 0.6) is 0 Å². The Bertz CT molecular complexity index is 2050. The first-order valence-corrected chi connectivity index (χ1v) is 24.0. The minimum Gasteiger partial charge on any atom is -1.00 e. The average Bonchev–Trinajstić information content (AvgIpc) is 3.76. The molecule has 3 unspecified atom stereocenters. The molecule has 52 heavy (non-hydrogen) atoms. The molecule has 0 radical (unpaired) electrons. The van der Waals surface area contributed by atoms with Gasteiger partial charge in [0.25, 0.3) is 0 Å². The molecule has 0 bridgehead atoms. The quantitative estimate of drug-likeness (QED) is 0.250. The number of halogens is 4. The third kappa shape index (κ3) is 5.35. The molecule has 8 rings (SSSR count). The second kappa shape index (κ2) is 14.0. The van der Waals surface area contributed by atoms with Gasteiger partial charge in [0.2, 0.25) is 0 Å². The summed E-state index contributed by atoms with van der Waals surface area (Å²) >= 11 is 4.57. The van der Waals surface area contributed by atoms with Gasteiger partial charge in [-0.3, -0.25) is 0 Å². The molecule has 1 saturated carbocycles. The fraction of sp³-hybridized carbons (Fsp3) is 0.383. The summed E-state index contributed by atoms with van der Waals surface area (Å²) in [5, 5.41) is 0. The van der Waals surface area contributed by atoms with Gasteiger partial charge in [-0.1, -0.05) is 0 Å². The van der Waals surface area contributed by atoms with Crippen LogP contribution in [0.15, 0.2) is 135 Å². The molecule has 5 aliphatic carbocycles.